The van der Waals surface area contributed by atoms with Crippen LogP contribution in [0.4, 0.5) is 0 Å². The van der Waals surface area contributed by atoms with Crippen molar-refractivity contribution in [3.05, 3.63) is 36.4 Å². The van der Waals surface area contributed by atoms with Gasteiger partial charge in [0.05, 0.1) is 13.2 Å². The fourth-order valence-corrected chi connectivity index (χ4v) is 3.45. The molecule has 26 heavy (non-hydrogen) atoms. The van der Waals surface area contributed by atoms with Gasteiger partial charge in [-0.15, -0.1) is 0 Å². The summed E-state index contributed by atoms with van der Waals surface area (Å²) in [6.45, 7) is 6.11. The molecule has 0 heterocycles. The summed E-state index contributed by atoms with van der Waals surface area (Å²) in [6.07, 6.45) is 8.51. The van der Waals surface area contributed by atoms with E-state index >= 15 is 0 Å². The Balaban J connectivity index is 1.89. The molecule has 144 valence electrons. The van der Waals surface area contributed by atoms with E-state index in [1.807, 2.05) is 0 Å². The molecule has 0 spiro atoms. The molecule has 2 rings (SSSR count). The van der Waals surface area contributed by atoms with Crippen molar-refractivity contribution in [3.8, 4) is 11.5 Å². The van der Waals surface area contributed by atoms with Crippen LogP contribution in [0, 0.1) is 5.92 Å². The van der Waals surface area contributed by atoms with E-state index in [4.69, 9.17) is 9.47 Å². The SMILES string of the molecule is CCCCC(CC)COc1ccc2cc(OCCCCCBr)ccc2c1. The molecule has 0 bridgehead atoms. The normalized spacial score (nSPS) is 12.3. The quantitative estimate of drug-likeness (QED) is 0.248. The molecule has 1 atom stereocenters. The summed E-state index contributed by atoms with van der Waals surface area (Å²) in [5.74, 6) is 2.58. The fraction of sp³-hybridized carbons (Fsp3) is 0.565. The van der Waals surface area contributed by atoms with E-state index < -0.39 is 0 Å². The van der Waals surface area contributed by atoms with Gasteiger partial charge in [0.25, 0.3) is 0 Å². The van der Waals surface area contributed by atoms with Crippen molar-refractivity contribution in [2.75, 3.05) is 18.5 Å². The van der Waals surface area contributed by atoms with E-state index in [2.05, 4.69) is 66.2 Å². The lowest BCUT2D eigenvalue weighted by Gasteiger charge is -2.16. The van der Waals surface area contributed by atoms with Gasteiger partial charge >= 0.3 is 0 Å². The molecule has 3 heteroatoms. The predicted molar refractivity (Wildman–Crippen MR) is 116 cm³/mol. The maximum atomic E-state index is 6.06. The molecule has 0 amide bonds. The average molecular weight is 421 g/mol. The van der Waals surface area contributed by atoms with Gasteiger partial charge in [-0.2, -0.15) is 0 Å². The summed E-state index contributed by atoms with van der Waals surface area (Å²) in [6, 6.07) is 12.7. The van der Waals surface area contributed by atoms with E-state index in [9.17, 15) is 0 Å². The standard InChI is InChI=1S/C23H33BrO2/c1-3-5-9-19(4-2)18-26-23-13-11-20-16-22(12-10-21(20)17-23)25-15-8-6-7-14-24/h10-13,16-17,19H,3-9,14-15,18H2,1-2H3. The third-order valence-corrected chi connectivity index (χ3v) is 5.42. The van der Waals surface area contributed by atoms with Gasteiger partial charge in [-0.05, 0) is 66.6 Å². The summed E-state index contributed by atoms with van der Waals surface area (Å²) in [5, 5.41) is 3.48. The molecule has 0 radical (unpaired) electrons. The summed E-state index contributed by atoms with van der Waals surface area (Å²) < 4.78 is 11.9. The molecule has 0 aliphatic carbocycles. The van der Waals surface area contributed by atoms with Gasteiger partial charge in [0.1, 0.15) is 11.5 Å². The molecule has 1 unspecified atom stereocenters. The monoisotopic (exact) mass is 420 g/mol. The highest BCUT2D eigenvalue weighted by Crippen LogP contribution is 2.26. The van der Waals surface area contributed by atoms with Crippen LogP contribution in [0.25, 0.3) is 10.8 Å². The van der Waals surface area contributed by atoms with Crippen molar-refractivity contribution in [1.29, 1.82) is 0 Å². The zero-order valence-electron chi connectivity index (χ0n) is 16.3. The zero-order chi connectivity index (χ0) is 18.6. The maximum Gasteiger partial charge on any atom is 0.119 e. The molecular weight excluding hydrogens is 388 g/mol. The van der Waals surface area contributed by atoms with E-state index in [0.29, 0.717) is 5.92 Å². The van der Waals surface area contributed by atoms with E-state index in [0.717, 1.165) is 36.5 Å². The van der Waals surface area contributed by atoms with Crippen molar-refractivity contribution >= 4 is 26.7 Å². The first-order valence-electron chi connectivity index (χ1n) is 10.1. The van der Waals surface area contributed by atoms with Gasteiger partial charge in [0.15, 0.2) is 0 Å². The molecule has 0 saturated carbocycles. The number of hydrogen-bond donors (Lipinski definition) is 0. The highest BCUT2D eigenvalue weighted by Gasteiger charge is 2.07. The second kappa shape index (κ2) is 12.2. The van der Waals surface area contributed by atoms with E-state index in [-0.39, 0.29) is 0 Å². The number of rotatable bonds is 13. The van der Waals surface area contributed by atoms with Crippen LogP contribution < -0.4 is 9.47 Å². The summed E-state index contributed by atoms with van der Waals surface area (Å²) >= 11 is 3.46. The number of benzene rings is 2. The molecule has 2 nitrogen and oxygen atoms in total. The van der Waals surface area contributed by atoms with Crippen molar-refractivity contribution in [2.24, 2.45) is 5.92 Å². The smallest absolute Gasteiger partial charge is 0.119 e. The Morgan fingerprint density at radius 2 is 1.54 bits per heavy atom. The van der Waals surface area contributed by atoms with Crippen LogP contribution >= 0.6 is 15.9 Å². The minimum Gasteiger partial charge on any atom is -0.494 e. The minimum absolute atomic E-state index is 0.658. The second-order valence-corrected chi connectivity index (χ2v) is 7.79. The van der Waals surface area contributed by atoms with Crippen LogP contribution in [0.2, 0.25) is 0 Å². The summed E-state index contributed by atoms with van der Waals surface area (Å²) in [5.41, 5.74) is 0. The first-order valence-corrected chi connectivity index (χ1v) is 11.2. The number of ether oxygens (including phenoxy) is 2. The molecule has 0 aliphatic heterocycles. The molecular formula is C23H33BrO2. The van der Waals surface area contributed by atoms with Crippen molar-refractivity contribution < 1.29 is 9.47 Å². The topological polar surface area (TPSA) is 18.5 Å². The van der Waals surface area contributed by atoms with Crippen LogP contribution in [-0.2, 0) is 0 Å². The highest BCUT2D eigenvalue weighted by molar-refractivity contribution is 9.09. The van der Waals surface area contributed by atoms with Crippen molar-refractivity contribution in [3.63, 3.8) is 0 Å². The molecule has 0 aromatic heterocycles. The lowest BCUT2D eigenvalue weighted by molar-refractivity contribution is 0.233. The van der Waals surface area contributed by atoms with Crippen LogP contribution in [0.3, 0.4) is 0 Å². The Bertz CT molecular complexity index is 641. The third-order valence-electron chi connectivity index (χ3n) is 4.86. The lowest BCUT2D eigenvalue weighted by Crippen LogP contribution is -2.11. The Morgan fingerprint density at radius 3 is 2.15 bits per heavy atom. The molecule has 0 saturated heterocycles. The first-order chi connectivity index (χ1) is 12.8. The molecule has 2 aromatic carbocycles. The number of hydrogen-bond acceptors (Lipinski definition) is 2. The van der Waals surface area contributed by atoms with Gasteiger partial charge in [0.2, 0.25) is 0 Å². The predicted octanol–water partition coefficient (Wildman–Crippen LogP) is 7.38. The average Bonchev–Trinajstić information content (AvgIpc) is 2.68. The van der Waals surface area contributed by atoms with E-state index in [1.165, 1.54) is 49.3 Å². The Labute approximate surface area is 167 Å². The van der Waals surface area contributed by atoms with Crippen LogP contribution in [0.1, 0.15) is 58.8 Å². The molecule has 0 fully saturated rings. The van der Waals surface area contributed by atoms with E-state index in [1.54, 1.807) is 0 Å². The van der Waals surface area contributed by atoms with Gasteiger partial charge in [0, 0.05) is 5.33 Å². The largest absolute Gasteiger partial charge is 0.494 e. The van der Waals surface area contributed by atoms with Crippen LogP contribution in [-0.4, -0.2) is 18.5 Å². The maximum absolute atomic E-state index is 6.06. The fourth-order valence-electron chi connectivity index (χ4n) is 3.06. The number of halogens is 1. The lowest BCUT2D eigenvalue weighted by atomic mass is 10.0. The Morgan fingerprint density at radius 1 is 0.846 bits per heavy atom. The Hall–Kier alpha value is -1.22. The van der Waals surface area contributed by atoms with Crippen LogP contribution in [0.5, 0.6) is 11.5 Å². The summed E-state index contributed by atoms with van der Waals surface area (Å²) in [7, 11) is 0. The van der Waals surface area contributed by atoms with Gasteiger partial charge < -0.3 is 9.47 Å². The Kier molecular flexibility index (Phi) is 9.91. The third kappa shape index (κ3) is 7.19. The van der Waals surface area contributed by atoms with Crippen LogP contribution in [0.15, 0.2) is 36.4 Å². The van der Waals surface area contributed by atoms with Crippen molar-refractivity contribution in [2.45, 2.75) is 58.8 Å². The van der Waals surface area contributed by atoms with Gasteiger partial charge in [-0.3, -0.25) is 0 Å². The second-order valence-electron chi connectivity index (χ2n) is 7.00. The minimum atomic E-state index is 0.658. The number of unbranched alkanes of at least 4 members (excludes halogenated alkanes) is 3. The summed E-state index contributed by atoms with van der Waals surface area (Å²) in [4.78, 5) is 0. The highest BCUT2D eigenvalue weighted by atomic mass is 79.9. The number of alkyl halides is 1. The zero-order valence-corrected chi connectivity index (χ0v) is 17.9. The number of fused-ring (bicyclic) bond motifs is 1. The molecule has 2 aromatic rings. The first kappa shape index (κ1) is 21.1. The molecule has 0 aliphatic rings. The van der Waals surface area contributed by atoms with Crippen molar-refractivity contribution in [1.82, 2.24) is 0 Å². The molecule has 0 N–H and O–H groups in total. The van der Waals surface area contributed by atoms with Gasteiger partial charge in [-0.1, -0.05) is 61.2 Å². The van der Waals surface area contributed by atoms with Gasteiger partial charge in [-0.25, -0.2) is 0 Å².